The largest absolute Gasteiger partial charge is 0.326 e. The maximum absolute atomic E-state index is 12.5. The van der Waals surface area contributed by atoms with Crippen LogP contribution in [0.1, 0.15) is 17.5 Å². The van der Waals surface area contributed by atoms with E-state index < -0.39 is 0 Å². The molecule has 2 aromatic carbocycles. The Kier molecular flexibility index (Phi) is 4.58. The Bertz CT molecular complexity index is 804. The van der Waals surface area contributed by atoms with E-state index in [0.29, 0.717) is 17.3 Å². The predicted octanol–water partition coefficient (Wildman–Crippen LogP) is 3.95. The number of nitrogens with zero attached hydrogens (tertiary/aromatic N) is 1. The van der Waals surface area contributed by atoms with E-state index in [4.69, 9.17) is 11.6 Å². The van der Waals surface area contributed by atoms with Gasteiger partial charge in [-0.15, -0.1) is 0 Å². The van der Waals surface area contributed by atoms with Gasteiger partial charge in [-0.3, -0.25) is 9.59 Å². The van der Waals surface area contributed by atoms with Crippen molar-refractivity contribution in [1.82, 2.24) is 0 Å². The molecule has 0 unspecified atom stereocenters. The highest BCUT2D eigenvalue weighted by atomic mass is 35.5. The Balaban J connectivity index is 1.73. The first-order valence-corrected chi connectivity index (χ1v) is 8.26. The van der Waals surface area contributed by atoms with Gasteiger partial charge in [-0.1, -0.05) is 35.4 Å². The third-order valence-electron chi connectivity index (χ3n) is 4.23. The van der Waals surface area contributed by atoms with Crippen molar-refractivity contribution in [2.45, 2.75) is 20.3 Å². The van der Waals surface area contributed by atoms with Gasteiger partial charge in [0.05, 0.1) is 5.92 Å². The molecular formula is C19H19ClN2O2. The molecular weight excluding hydrogens is 324 g/mol. The summed E-state index contributed by atoms with van der Waals surface area (Å²) in [5.74, 6) is -0.539. The number of carbonyl (C=O) groups is 2. The summed E-state index contributed by atoms with van der Waals surface area (Å²) < 4.78 is 0. The van der Waals surface area contributed by atoms with E-state index in [-0.39, 0.29) is 24.2 Å². The molecule has 0 aromatic heterocycles. The standard InChI is InChI=1S/C19H19ClN2O2/c1-12-6-7-17(13(2)8-12)22-11-14(9-18(22)23)19(24)21-16-5-3-4-15(20)10-16/h3-8,10,14H,9,11H2,1-2H3,(H,21,24)/t14-/m0/s1. The van der Waals surface area contributed by atoms with E-state index in [9.17, 15) is 9.59 Å². The fraction of sp³-hybridized carbons (Fsp3) is 0.263. The lowest BCUT2D eigenvalue weighted by molar-refractivity contribution is -0.122. The summed E-state index contributed by atoms with van der Waals surface area (Å²) in [4.78, 5) is 26.5. The second-order valence-corrected chi connectivity index (χ2v) is 6.63. The number of hydrogen-bond donors (Lipinski definition) is 1. The van der Waals surface area contributed by atoms with Gasteiger partial charge in [0.25, 0.3) is 0 Å². The molecule has 4 nitrogen and oxygen atoms in total. The van der Waals surface area contributed by atoms with Crippen molar-refractivity contribution in [3.63, 3.8) is 0 Å². The van der Waals surface area contributed by atoms with E-state index in [1.807, 2.05) is 32.0 Å². The molecule has 1 heterocycles. The zero-order valence-corrected chi connectivity index (χ0v) is 14.4. The Morgan fingerprint density at radius 1 is 1.21 bits per heavy atom. The number of aryl methyl sites for hydroxylation is 2. The predicted molar refractivity (Wildman–Crippen MR) is 96.5 cm³/mol. The van der Waals surface area contributed by atoms with Gasteiger partial charge in [0.1, 0.15) is 0 Å². The van der Waals surface area contributed by atoms with Gasteiger partial charge in [0.15, 0.2) is 0 Å². The maximum Gasteiger partial charge on any atom is 0.229 e. The Morgan fingerprint density at radius 2 is 2.00 bits per heavy atom. The van der Waals surface area contributed by atoms with Gasteiger partial charge in [0.2, 0.25) is 11.8 Å². The number of anilines is 2. The number of rotatable bonds is 3. The summed E-state index contributed by atoms with van der Waals surface area (Å²) in [6.07, 6.45) is 0.222. The molecule has 1 atom stereocenters. The minimum Gasteiger partial charge on any atom is -0.326 e. The Morgan fingerprint density at radius 3 is 2.71 bits per heavy atom. The number of benzene rings is 2. The van der Waals surface area contributed by atoms with Crippen LogP contribution in [0.3, 0.4) is 0 Å². The average molecular weight is 343 g/mol. The van der Waals surface area contributed by atoms with E-state index in [0.717, 1.165) is 16.8 Å². The van der Waals surface area contributed by atoms with Crippen molar-refractivity contribution in [3.05, 3.63) is 58.6 Å². The molecule has 0 spiro atoms. The van der Waals surface area contributed by atoms with Crippen LogP contribution in [0.2, 0.25) is 5.02 Å². The van der Waals surface area contributed by atoms with Crippen LogP contribution in [-0.2, 0) is 9.59 Å². The van der Waals surface area contributed by atoms with E-state index in [2.05, 4.69) is 5.32 Å². The van der Waals surface area contributed by atoms with Crippen LogP contribution in [0, 0.1) is 19.8 Å². The van der Waals surface area contributed by atoms with Crippen LogP contribution < -0.4 is 10.2 Å². The maximum atomic E-state index is 12.5. The third kappa shape index (κ3) is 3.44. The van der Waals surface area contributed by atoms with Crippen LogP contribution in [0.15, 0.2) is 42.5 Å². The zero-order valence-electron chi connectivity index (χ0n) is 13.7. The highest BCUT2D eigenvalue weighted by molar-refractivity contribution is 6.30. The first-order chi connectivity index (χ1) is 11.4. The molecule has 5 heteroatoms. The molecule has 1 aliphatic rings. The average Bonchev–Trinajstić information content (AvgIpc) is 2.89. The van der Waals surface area contributed by atoms with Gasteiger partial charge in [-0.25, -0.2) is 0 Å². The van der Waals surface area contributed by atoms with Crippen LogP contribution in [0.4, 0.5) is 11.4 Å². The summed E-state index contributed by atoms with van der Waals surface area (Å²) >= 11 is 5.93. The molecule has 2 amide bonds. The van der Waals surface area contributed by atoms with Crippen LogP contribution in [-0.4, -0.2) is 18.4 Å². The van der Waals surface area contributed by atoms with Gasteiger partial charge in [-0.05, 0) is 43.7 Å². The molecule has 0 aliphatic carbocycles. The molecule has 0 saturated carbocycles. The molecule has 2 aromatic rings. The smallest absolute Gasteiger partial charge is 0.229 e. The van der Waals surface area contributed by atoms with Gasteiger partial charge >= 0.3 is 0 Å². The molecule has 1 aliphatic heterocycles. The third-order valence-corrected chi connectivity index (χ3v) is 4.47. The topological polar surface area (TPSA) is 49.4 Å². The summed E-state index contributed by atoms with van der Waals surface area (Å²) in [7, 11) is 0. The minimum absolute atomic E-state index is 0.0202. The molecule has 1 saturated heterocycles. The highest BCUT2D eigenvalue weighted by Crippen LogP contribution is 2.29. The van der Waals surface area contributed by atoms with E-state index in [1.54, 1.807) is 29.2 Å². The van der Waals surface area contributed by atoms with Crippen LogP contribution >= 0.6 is 11.6 Å². The number of amides is 2. The van der Waals surface area contributed by atoms with E-state index >= 15 is 0 Å². The lowest BCUT2D eigenvalue weighted by Gasteiger charge is -2.19. The second-order valence-electron chi connectivity index (χ2n) is 6.19. The SMILES string of the molecule is Cc1ccc(N2C[C@@H](C(=O)Nc3cccc(Cl)c3)CC2=O)c(C)c1. The molecule has 24 heavy (non-hydrogen) atoms. The van der Waals surface area contributed by atoms with Crippen molar-refractivity contribution in [2.75, 3.05) is 16.8 Å². The number of carbonyl (C=O) groups excluding carboxylic acids is 2. The Hall–Kier alpha value is -2.33. The first kappa shape index (κ1) is 16.5. The Labute approximate surface area is 146 Å². The van der Waals surface area contributed by atoms with Gasteiger partial charge in [-0.2, -0.15) is 0 Å². The second kappa shape index (κ2) is 6.65. The summed E-state index contributed by atoms with van der Waals surface area (Å²) in [5.41, 5.74) is 3.71. The first-order valence-electron chi connectivity index (χ1n) is 7.88. The fourth-order valence-corrected chi connectivity index (χ4v) is 3.23. The number of hydrogen-bond acceptors (Lipinski definition) is 2. The molecule has 1 fully saturated rings. The minimum atomic E-state index is -0.364. The summed E-state index contributed by atoms with van der Waals surface area (Å²) in [6, 6.07) is 13.0. The van der Waals surface area contributed by atoms with Crippen LogP contribution in [0.25, 0.3) is 0 Å². The lowest BCUT2D eigenvalue weighted by Crippen LogP contribution is -2.28. The van der Waals surface area contributed by atoms with E-state index in [1.165, 1.54) is 0 Å². The molecule has 0 radical (unpaired) electrons. The summed E-state index contributed by atoms with van der Waals surface area (Å²) in [6.45, 7) is 4.40. The van der Waals surface area contributed by atoms with Crippen LogP contribution in [0.5, 0.6) is 0 Å². The molecule has 0 bridgehead atoms. The van der Waals surface area contributed by atoms with Crippen molar-refractivity contribution in [1.29, 1.82) is 0 Å². The molecule has 124 valence electrons. The monoisotopic (exact) mass is 342 g/mol. The normalized spacial score (nSPS) is 17.2. The zero-order chi connectivity index (χ0) is 17.3. The number of nitrogens with one attached hydrogen (secondary N) is 1. The van der Waals surface area contributed by atoms with Crippen molar-refractivity contribution < 1.29 is 9.59 Å². The number of halogens is 1. The van der Waals surface area contributed by atoms with Crippen molar-refractivity contribution in [2.24, 2.45) is 5.92 Å². The lowest BCUT2D eigenvalue weighted by atomic mass is 10.1. The van der Waals surface area contributed by atoms with Gasteiger partial charge < -0.3 is 10.2 Å². The van der Waals surface area contributed by atoms with Gasteiger partial charge in [0, 0.05) is 29.4 Å². The fourth-order valence-electron chi connectivity index (χ4n) is 3.03. The quantitative estimate of drug-likeness (QED) is 0.918. The van der Waals surface area contributed by atoms with Crippen molar-refractivity contribution in [3.8, 4) is 0 Å². The summed E-state index contributed by atoms with van der Waals surface area (Å²) in [5, 5.41) is 3.40. The van der Waals surface area contributed by atoms with Crippen molar-refractivity contribution >= 4 is 34.8 Å². The highest BCUT2D eigenvalue weighted by Gasteiger charge is 2.35. The molecule has 3 rings (SSSR count). The molecule has 1 N–H and O–H groups in total.